The van der Waals surface area contributed by atoms with E-state index in [1.54, 1.807) is 25.6 Å². The van der Waals surface area contributed by atoms with Gasteiger partial charge in [-0.2, -0.15) is 14.0 Å². The van der Waals surface area contributed by atoms with Crippen LogP contribution in [0.15, 0.2) is 60.6 Å². The number of methoxy groups -OCH3 is 1. The van der Waals surface area contributed by atoms with Crippen LogP contribution in [-0.4, -0.2) is 38.7 Å². The van der Waals surface area contributed by atoms with Crippen LogP contribution in [0.1, 0.15) is 42.6 Å². The van der Waals surface area contributed by atoms with E-state index in [9.17, 15) is 9.18 Å². The summed E-state index contributed by atoms with van der Waals surface area (Å²) in [4.78, 5) is 19.3. The first-order chi connectivity index (χ1) is 17.0. The fourth-order valence-corrected chi connectivity index (χ4v) is 4.01. The summed E-state index contributed by atoms with van der Waals surface area (Å²) in [6.07, 6.45) is 7.26. The van der Waals surface area contributed by atoms with Crippen LogP contribution in [0.25, 0.3) is 11.8 Å². The SMILES string of the molecule is COc1cc(/C=C2\CCCN([C@@H](C)c3ccc(F)cc3)C2=O)ccc1-n1cnc(C)c1.[O-][Cl+3]([O-])([O-])O. The smallest absolute Gasteiger partial charge is 0.250 e. The number of nitrogens with zero attached hydrogens (tertiary/aromatic N) is 3. The van der Waals surface area contributed by atoms with Gasteiger partial charge in [0.1, 0.15) is 11.6 Å². The Kier molecular flexibility index (Phi) is 8.83. The fourth-order valence-electron chi connectivity index (χ4n) is 4.01. The minimum atomic E-state index is -4.69. The largest absolute Gasteiger partial charge is 0.495 e. The second-order valence-electron chi connectivity index (χ2n) is 8.25. The molecule has 0 unspecified atom stereocenters. The molecule has 1 amide bonds. The molecule has 0 saturated carbocycles. The van der Waals surface area contributed by atoms with Crippen molar-refractivity contribution < 1.29 is 42.8 Å². The molecule has 0 spiro atoms. The van der Waals surface area contributed by atoms with Crippen LogP contribution in [0.4, 0.5) is 4.39 Å². The molecule has 0 radical (unpaired) electrons. The number of halogens is 2. The van der Waals surface area contributed by atoms with Gasteiger partial charge < -0.3 is 14.2 Å². The molecule has 4 rings (SSSR count). The number of benzene rings is 2. The molecule has 1 N–H and O–H groups in total. The lowest BCUT2D eigenvalue weighted by atomic mass is 9.97. The van der Waals surface area contributed by atoms with E-state index in [1.807, 2.05) is 53.8 Å². The Morgan fingerprint density at radius 2 is 1.86 bits per heavy atom. The maximum Gasteiger partial charge on any atom is 0.250 e. The minimum absolute atomic E-state index is 0.0244. The van der Waals surface area contributed by atoms with Gasteiger partial charge in [0.15, 0.2) is 0 Å². The number of imidazole rings is 1. The zero-order valence-electron chi connectivity index (χ0n) is 20.1. The van der Waals surface area contributed by atoms with Crippen molar-refractivity contribution in [2.45, 2.75) is 32.7 Å². The monoisotopic (exact) mass is 519 g/mol. The second kappa shape index (κ2) is 11.6. The van der Waals surface area contributed by atoms with Gasteiger partial charge in [0.25, 0.3) is 0 Å². The summed E-state index contributed by atoms with van der Waals surface area (Å²) in [6, 6.07) is 12.1. The molecule has 2 heterocycles. The number of likely N-dealkylation sites (tertiary alicyclic amines) is 1. The highest BCUT2D eigenvalue weighted by Gasteiger charge is 2.28. The van der Waals surface area contributed by atoms with E-state index in [2.05, 4.69) is 4.98 Å². The maximum absolute atomic E-state index is 13.3. The van der Waals surface area contributed by atoms with E-state index in [0.717, 1.165) is 40.9 Å². The molecule has 1 aliphatic heterocycles. The lowest BCUT2D eigenvalue weighted by molar-refractivity contribution is -1.92. The molecule has 1 aromatic heterocycles. The first kappa shape index (κ1) is 27.3. The normalized spacial score (nSPS) is 15.9. The summed E-state index contributed by atoms with van der Waals surface area (Å²) in [7, 11) is -3.06. The van der Waals surface area contributed by atoms with Crippen molar-refractivity contribution in [1.29, 1.82) is 0 Å². The maximum atomic E-state index is 13.3. The zero-order valence-corrected chi connectivity index (χ0v) is 20.8. The third kappa shape index (κ3) is 7.36. The molecular formula is C25H27ClFN3O6. The standard InChI is InChI=1S/C25H26FN3O2.ClHO4/c1-17-15-28(16-27-17)23-11-6-19(14-24(23)31-3)13-21-5-4-12-29(25(21)30)18(2)20-7-9-22(26)10-8-20;2-1(3,4)5/h6-11,13-16,18H,4-5,12H2,1-3H3;(H,2,3,4,5)/b21-13+;/t18-;/m0./s1. The third-order valence-corrected chi connectivity index (χ3v) is 5.74. The molecule has 3 aromatic rings. The van der Waals surface area contributed by atoms with Crippen molar-refractivity contribution >= 4 is 12.0 Å². The summed E-state index contributed by atoms with van der Waals surface area (Å²) >= 11 is 0. The first-order valence-corrected chi connectivity index (χ1v) is 12.3. The number of ether oxygens (including phenoxy) is 1. The van der Waals surface area contributed by atoms with Crippen LogP contribution in [-0.2, 0) is 4.79 Å². The van der Waals surface area contributed by atoms with Crippen LogP contribution in [0.3, 0.4) is 0 Å². The van der Waals surface area contributed by atoms with E-state index >= 15 is 0 Å². The number of hydrogen-bond acceptors (Lipinski definition) is 7. The van der Waals surface area contributed by atoms with Crippen LogP contribution >= 0.6 is 0 Å². The van der Waals surface area contributed by atoms with Gasteiger partial charge in [-0.3, -0.25) is 4.79 Å². The average molecular weight is 520 g/mol. The quantitative estimate of drug-likeness (QED) is 0.496. The summed E-state index contributed by atoms with van der Waals surface area (Å²) in [5.41, 5.74) is 4.44. The number of amides is 1. The summed E-state index contributed by atoms with van der Waals surface area (Å²) in [5, 5.41) is 0. The molecule has 192 valence electrons. The van der Waals surface area contributed by atoms with Crippen molar-refractivity contribution in [3.8, 4) is 11.4 Å². The molecule has 1 fully saturated rings. The lowest BCUT2D eigenvalue weighted by Crippen LogP contribution is -2.58. The van der Waals surface area contributed by atoms with Crippen LogP contribution in [0, 0.1) is 23.0 Å². The number of rotatable bonds is 5. The van der Waals surface area contributed by atoms with Gasteiger partial charge in [0.05, 0.1) is 45.8 Å². The highest BCUT2D eigenvalue weighted by Crippen LogP contribution is 2.30. The van der Waals surface area contributed by atoms with Gasteiger partial charge in [-0.1, -0.05) is 18.2 Å². The van der Waals surface area contributed by atoms with Crippen molar-refractivity contribution in [3.63, 3.8) is 0 Å². The third-order valence-electron chi connectivity index (χ3n) is 5.74. The number of aryl methyl sites for hydroxylation is 1. The lowest BCUT2D eigenvalue weighted by Gasteiger charge is -2.34. The summed E-state index contributed by atoms with van der Waals surface area (Å²) in [6.45, 7) is 4.62. The van der Waals surface area contributed by atoms with Gasteiger partial charge in [-0.25, -0.2) is 9.37 Å². The summed E-state index contributed by atoms with van der Waals surface area (Å²) < 4.78 is 53.5. The van der Waals surface area contributed by atoms with Crippen molar-refractivity contribution in [2.24, 2.45) is 0 Å². The highest BCUT2D eigenvalue weighted by atomic mass is 35.7. The number of hydrogen-bond donors (Lipinski definition) is 1. The fraction of sp³-hybridized carbons (Fsp3) is 0.280. The van der Waals surface area contributed by atoms with Gasteiger partial charge in [0, 0.05) is 18.3 Å². The first-order valence-electron chi connectivity index (χ1n) is 11.1. The Hall–Kier alpha value is -3.28. The number of aromatic nitrogens is 2. The molecule has 1 atom stereocenters. The Balaban J connectivity index is 0.000000658. The molecule has 0 bridgehead atoms. The Morgan fingerprint density at radius 3 is 2.44 bits per heavy atom. The molecule has 9 nitrogen and oxygen atoms in total. The molecule has 1 aliphatic rings. The molecular weight excluding hydrogens is 493 g/mol. The van der Waals surface area contributed by atoms with Crippen molar-refractivity contribution in [3.05, 3.63) is 83.2 Å². The van der Waals surface area contributed by atoms with Gasteiger partial charge in [-0.05, 0) is 68.2 Å². The minimum Gasteiger partial charge on any atom is -0.495 e. The highest BCUT2D eigenvalue weighted by molar-refractivity contribution is 5.98. The Labute approximate surface area is 210 Å². The van der Waals surface area contributed by atoms with Gasteiger partial charge >= 0.3 is 0 Å². The van der Waals surface area contributed by atoms with E-state index in [-0.39, 0.29) is 17.8 Å². The Bertz CT molecular complexity index is 1220. The molecule has 2 aromatic carbocycles. The number of piperidine rings is 1. The van der Waals surface area contributed by atoms with Crippen LogP contribution in [0.5, 0.6) is 5.75 Å². The van der Waals surface area contributed by atoms with Crippen molar-refractivity contribution in [1.82, 2.24) is 14.5 Å². The topological polar surface area (TPSA) is 137 Å². The number of carbonyl (C=O) groups excluding carboxylic acids is 1. The molecule has 0 aliphatic carbocycles. The second-order valence-corrected chi connectivity index (χ2v) is 9.04. The average Bonchev–Trinajstić information content (AvgIpc) is 3.25. The predicted octanol–water partition coefficient (Wildman–Crippen LogP) is 0.971. The predicted molar refractivity (Wildman–Crippen MR) is 121 cm³/mol. The van der Waals surface area contributed by atoms with Crippen LogP contribution in [0.2, 0.25) is 0 Å². The molecule has 1 saturated heterocycles. The molecule has 36 heavy (non-hydrogen) atoms. The van der Waals surface area contributed by atoms with Gasteiger partial charge in [0.2, 0.25) is 5.91 Å². The zero-order chi connectivity index (χ0) is 26.5. The van der Waals surface area contributed by atoms with E-state index < -0.39 is 10.2 Å². The van der Waals surface area contributed by atoms with E-state index in [1.165, 1.54) is 12.1 Å². The van der Waals surface area contributed by atoms with E-state index in [4.69, 9.17) is 23.4 Å². The Morgan fingerprint density at radius 1 is 1.19 bits per heavy atom. The van der Waals surface area contributed by atoms with Crippen molar-refractivity contribution in [2.75, 3.05) is 13.7 Å². The van der Waals surface area contributed by atoms with E-state index in [0.29, 0.717) is 12.3 Å². The molecule has 11 heteroatoms. The number of carbonyl (C=O) groups is 1. The summed E-state index contributed by atoms with van der Waals surface area (Å²) in [5.74, 6) is 0.465. The van der Waals surface area contributed by atoms with Crippen LogP contribution < -0.4 is 18.7 Å². The van der Waals surface area contributed by atoms with Gasteiger partial charge in [-0.15, -0.1) is 0 Å².